The molecule has 3 saturated heterocycles. The molecule has 0 radical (unpaired) electrons. The lowest BCUT2D eigenvalue weighted by Gasteiger charge is -2.44. The van der Waals surface area contributed by atoms with Gasteiger partial charge in [0.05, 0.1) is 33.9 Å². The van der Waals surface area contributed by atoms with E-state index in [2.05, 4.69) is 34.3 Å². The lowest BCUT2D eigenvalue weighted by atomic mass is 9.97. The Morgan fingerprint density at radius 2 is 1.91 bits per heavy atom. The first-order valence-corrected chi connectivity index (χ1v) is 21.8. The first kappa shape index (κ1) is 39.3. The molecule has 4 fully saturated rings. The van der Waals surface area contributed by atoms with E-state index in [1.54, 1.807) is 18.2 Å². The van der Waals surface area contributed by atoms with Crippen molar-refractivity contribution in [3.05, 3.63) is 54.1 Å². The maximum absolute atomic E-state index is 14.6. The molecule has 1 aromatic heterocycles. The molecule has 4 N–H and O–H groups in total. The maximum atomic E-state index is 14.6. The number of hydrogen-bond donors (Lipinski definition) is 4. The fourth-order valence-electron chi connectivity index (χ4n) is 8.57. The molecule has 15 heteroatoms. The third-order valence-electron chi connectivity index (χ3n) is 11.8. The number of carbonyl (C=O) groups is 1. The van der Waals surface area contributed by atoms with Gasteiger partial charge >= 0.3 is 6.09 Å². The van der Waals surface area contributed by atoms with Crippen LogP contribution < -0.4 is 10.6 Å². The predicted molar refractivity (Wildman–Crippen MR) is 209 cm³/mol. The van der Waals surface area contributed by atoms with Crippen LogP contribution in [0.5, 0.6) is 0 Å². The Balaban J connectivity index is 1.09. The Kier molecular flexibility index (Phi) is 12.7. The van der Waals surface area contributed by atoms with E-state index in [9.17, 15) is 23.4 Å². The second-order valence-electron chi connectivity index (χ2n) is 15.9. The number of likely N-dealkylation sites (tertiary alicyclic amines) is 2. The van der Waals surface area contributed by atoms with E-state index >= 15 is 0 Å². The largest absolute Gasteiger partial charge is 0.445 e. The highest BCUT2D eigenvalue weighted by Gasteiger charge is 2.48. The number of aromatic nitrogens is 1. The van der Waals surface area contributed by atoms with E-state index in [0.717, 1.165) is 66.6 Å². The van der Waals surface area contributed by atoms with Crippen LogP contribution in [0.25, 0.3) is 10.2 Å². The highest BCUT2D eigenvalue weighted by molar-refractivity contribution is 7.89. The molecule has 0 spiro atoms. The lowest BCUT2D eigenvalue weighted by molar-refractivity contribution is 0.0135. The summed E-state index contributed by atoms with van der Waals surface area (Å²) in [6.07, 6.45) is 1.01. The first-order valence-electron chi connectivity index (χ1n) is 19.6. The van der Waals surface area contributed by atoms with Gasteiger partial charge in [-0.05, 0) is 88.2 Å². The average molecular weight is 785 g/mol. The third kappa shape index (κ3) is 9.21. The van der Waals surface area contributed by atoms with E-state index in [1.807, 2.05) is 30.3 Å². The number of fused-ring (bicyclic) bond motifs is 2. The van der Waals surface area contributed by atoms with Gasteiger partial charge in [0.25, 0.3) is 0 Å². The fraction of sp³-hybridized carbons (Fsp3) is 0.641. The molecular weight excluding hydrogens is 729 g/mol. The zero-order chi connectivity index (χ0) is 37.8. The molecule has 2 aromatic carbocycles. The van der Waals surface area contributed by atoms with Crippen molar-refractivity contribution in [2.24, 2.45) is 23.7 Å². The number of nitrogens with zero attached hydrogens (tertiary/aromatic N) is 4. The van der Waals surface area contributed by atoms with Gasteiger partial charge in [-0.15, -0.1) is 0 Å². The SMILES string of the molecule is CC(C)N1CC(CN(C[C@@H](O)[C@H](Cc2ccccc2)NC(=O)OC2C3COCC3C[C@@H]2CO)S(=O)(=O)c2ccc3nc(NCCN4CCCC4)sc3c2)C1. The Morgan fingerprint density at radius 3 is 2.65 bits per heavy atom. The Labute approximate surface area is 323 Å². The minimum atomic E-state index is -4.07. The van der Waals surface area contributed by atoms with E-state index in [1.165, 1.54) is 28.5 Å². The van der Waals surface area contributed by atoms with Crippen molar-refractivity contribution in [1.29, 1.82) is 0 Å². The van der Waals surface area contributed by atoms with Gasteiger partial charge in [0.15, 0.2) is 5.13 Å². The van der Waals surface area contributed by atoms with Crippen LogP contribution in [0.1, 0.15) is 38.7 Å². The lowest BCUT2D eigenvalue weighted by Crippen LogP contribution is -2.56. The first-order chi connectivity index (χ1) is 26.1. The number of ether oxygens (including phenoxy) is 2. The zero-order valence-corrected chi connectivity index (χ0v) is 33.0. The van der Waals surface area contributed by atoms with Crippen molar-refractivity contribution in [3.8, 4) is 0 Å². The van der Waals surface area contributed by atoms with Crippen LogP contribution in [0.4, 0.5) is 9.93 Å². The molecule has 13 nitrogen and oxygen atoms in total. The molecule has 296 valence electrons. The van der Waals surface area contributed by atoms with Crippen molar-refractivity contribution >= 4 is 42.8 Å². The molecule has 1 amide bonds. The van der Waals surface area contributed by atoms with Crippen LogP contribution in [0, 0.1) is 23.7 Å². The summed E-state index contributed by atoms with van der Waals surface area (Å²) in [6.45, 7) is 10.7. The number of alkyl carbamates (subject to hydrolysis) is 1. The van der Waals surface area contributed by atoms with Crippen molar-refractivity contribution in [1.82, 2.24) is 24.4 Å². The van der Waals surface area contributed by atoms with E-state index in [0.29, 0.717) is 19.3 Å². The summed E-state index contributed by atoms with van der Waals surface area (Å²) < 4.78 is 42.9. The summed E-state index contributed by atoms with van der Waals surface area (Å²) in [5.74, 6) is 0.155. The highest BCUT2D eigenvalue weighted by atomic mass is 32.2. The minimum absolute atomic E-state index is 0.0107. The quantitative estimate of drug-likeness (QED) is 0.159. The Hall–Kier alpha value is -2.89. The summed E-state index contributed by atoms with van der Waals surface area (Å²) >= 11 is 1.44. The Morgan fingerprint density at radius 1 is 1.13 bits per heavy atom. The summed E-state index contributed by atoms with van der Waals surface area (Å²) in [7, 11) is -4.07. The molecular formula is C39H56N6O7S2. The summed E-state index contributed by atoms with van der Waals surface area (Å²) in [5, 5.41) is 29.0. The molecule has 3 unspecified atom stereocenters. The van der Waals surface area contributed by atoms with Crippen LogP contribution in [0.3, 0.4) is 0 Å². The molecule has 3 aromatic rings. The van der Waals surface area contributed by atoms with Gasteiger partial charge in [-0.1, -0.05) is 41.7 Å². The normalized spacial score (nSPS) is 24.9. The summed E-state index contributed by atoms with van der Waals surface area (Å²) in [5.41, 5.74) is 1.61. The number of carbonyl (C=O) groups excluding carboxylic acids is 1. The molecule has 7 rings (SSSR count). The van der Waals surface area contributed by atoms with Crippen molar-refractivity contribution in [3.63, 3.8) is 0 Å². The van der Waals surface area contributed by atoms with E-state index in [4.69, 9.17) is 14.5 Å². The molecule has 1 aliphatic carbocycles. The maximum Gasteiger partial charge on any atom is 0.407 e. The monoisotopic (exact) mass is 784 g/mol. The second-order valence-corrected chi connectivity index (χ2v) is 18.8. The molecule has 54 heavy (non-hydrogen) atoms. The topological polar surface area (TPSA) is 157 Å². The summed E-state index contributed by atoms with van der Waals surface area (Å²) in [6, 6.07) is 14.0. The van der Waals surface area contributed by atoms with E-state index in [-0.39, 0.29) is 54.7 Å². The number of rotatable bonds is 17. The van der Waals surface area contributed by atoms with Gasteiger partial charge in [0, 0.05) is 70.4 Å². The van der Waals surface area contributed by atoms with Gasteiger partial charge in [-0.3, -0.25) is 0 Å². The number of aliphatic hydroxyl groups is 2. The molecule has 3 aliphatic heterocycles. The van der Waals surface area contributed by atoms with Gasteiger partial charge < -0.3 is 40.1 Å². The van der Waals surface area contributed by atoms with Crippen LogP contribution in [-0.2, 0) is 25.9 Å². The van der Waals surface area contributed by atoms with Crippen LogP contribution in [0.15, 0.2) is 53.4 Å². The number of nitrogens with one attached hydrogen (secondary N) is 2. The Bertz CT molecular complexity index is 1800. The molecule has 4 heterocycles. The number of thiazole rings is 1. The highest BCUT2D eigenvalue weighted by Crippen LogP contribution is 2.42. The van der Waals surface area contributed by atoms with Crippen molar-refractivity contribution in [2.75, 3.05) is 77.5 Å². The zero-order valence-electron chi connectivity index (χ0n) is 31.4. The molecule has 4 aliphatic rings. The third-order valence-corrected chi connectivity index (χ3v) is 14.6. The van der Waals surface area contributed by atoms with Gasteiger partial charge in [0.2, 0.25) is 10.0 Å². The molecule has 6 atom stereocenters. The predicted octanol–water partition coefficient (Wildman–Crippen LogP) is 3.48. The number of sulfonamides is 1. The van der Waals surface area contributed by atoms with Gasteiger partial charge in [-0.25, -0.2) is 18.2 Å². The van der Waals surface area contributed by atoms with Crippen LogP contribution in [-0.4, -0.2) is 140 Å². The second kappa shape index (κ2) is 17.5. The number of anilines is 1. The number of amides is 1. The van der Waals surface area contributed by atoms with Gasteiger partial charge in [0.1, 0.15) is 6.10 Å². The number of benzene rings is 2. The molecule has 0 bridgehead atoms. The fourth-order valence-corrected chi connectivity index (χ4v) is 11.1. The van der Waals surface area contributed by atoms with Crippen molar-refractivity contribution in [2.45, 2.75) is 68.7 Å². The van der Waals surface area contributed by atoms with Crippen molar-refractivity contribution < 1.29 is 32.9 Å². The van der Waals surface area contributed by atoms with E-state index < -0.39 is 34.4 Å². The van der Waals surface area contributed by atoms with Gasteiger partial charge in [-0.2, -0.15) is 4.31 Å². The standard InChI is InChI=1S/C39H56N6O7S2/c1-26(2)44-19-28(20-44)21-45(54(49,50)31-10-11-33-36(18-31)53-38(41-33)40-12-15-43-13-6-7-14-43)22-35(47)34(16-27-8-4-3-5-9-27)42-39(48)52-37-29(23-46)17-30-24-51-25-32(30)37/h3-5,8-11,18,26,28-30,32,34-35,37,46-47H,6-7,12-17,19-25H2,1-2H3,(H,40,41)(H,42,48)/t29-,30?,32?,34+,35-,37?/m1/s1. The number of hydrogen-bond acceptors (Lipinski definition) is 12. The van der Waals surface area contributed by atoms with Crippen LogP contribution in [0.2, 0.25) is 0 Å². The minimum Gasteiger partial charge on any atom is -0.445 e. The number of aliphatic hydroxyl groups excluding tert-OH is 2. The average Bonchev–Trinajstić information content (AvgIpc) is 3.95. The smallest absolute Gasteiger partial charge is 0.407 e. The molecule has 1 saturated carbocycles. The summed E-state index contributed by atoms with van der Waals surface area (Å²) in [4.78, 5) is 23.1. The van der Waals surface area contributed by atoms with Crippen LogP contribution >= 0.6 is 11.3 Å².